The predicted molar refractivity (Wildman–Crippen MR) is 119 cm³/mol. The number of benzene rings is 1. The summed E-state index contributed by atoms with van der Waals surface area (Å²) < 4.78 is 11.4. The second-order valence-electron chi connectivity index (χ2n) is 10.6. The Bertz CT molecular complexity index is 664. The van der Waals surface area contributed by atoms with Crippen molar-refractivity contribution < 1.29 is 14.6 Å². The Kier molecular flexibility index (Phi) is 5.96. The SMILES string of the molecule is COc1ccc(N2CCN(C[C@@H](O)COCC34CC5CC(CC(C5)C3)C4)CC2)cc1. The van der Waals surface area contributed by atoms with Crippen LogP contribution < -0.4 is 9.64 Å². The molecule has 5 nitrogen and oxygen atoms in total. The molecule has 0 spiro atoms. The molecular weight excluding hydrogens is 376 g/mol. The van der Waals surface area contributed by atoms with Crippen LogP contribution in [0.5, 0.6) is 5.75 Å². The maximum atomic E-state index is 10.6. The monoisotopic (exact) mass is 414 g/mol. The minimum Gasteiger partial charge on any atom is -0.497 e. The number of ether oxygens (including phenoxy) is 2. The number of piperazine rings is 1. The van der Waals surface area contributed by atoms with Gasteiger partial charge >= 0.3 is 0 Å². The Morgan fingerprint density at radius 3 is 2.13 bits per heavy atom. The van der Waals surface area contributed by atoms with Crippen molar-refractivity contribution in [1.29, 1.82) is 0 Å². The van der Waals surface area contributed by atoms with Crippen molar-refractivity contribution in [3.8, 4) is 5.75 Å². The average Bonchev–Trinajstić information content (AvgIpc) is 2.73. The number of rotatable bonds is 8. The molecule has 1 heterocycles. The van der Waals surface area contributed by atoms with E-state index in [4.69, 9.17) is 9.47 Å². The zero-order chi connectivity index (χ0) is 20.6. The van der Waals surface area contributed by atoms with Gasteiger partial charge in [0, 0.05) is 38.4 Å². The van der Waals surface area contributed by atoms with Gasteiger partial charge in [-0.2, -0.15) is 0 Å². The topological polar surface area (TPSA) is 45.2 Å². The van der Waals surface area contributed by atoms with E-state index >= 15 is 0 Å². The van der Waals surface area contributed by atoms with E-state index in [9.17, 15) is 5.11 Å². The molecule has 1 N–H and O–H groups in total. The van der Waals surface area contributed by atoms with Crippen molar-refractivity contribution in [3.63, 3.8) is 0 Å². The number of anilines is 1. The Morgan fingerprint density at radius 1 is 0.967 bits per heavy atom. The Labute approximate surface area is 181 Å². The molecule has 4 bridgehead atoms. The molecule has 6 rings (SSSR count). The molecular formula is C25H38N2O3. The van der Waals surface area contributed by atoms with Gasteiger partial charge in [0.2, 0.25) is 0 Å². The quantitative estimate of drug-likeness (QED) is 0.706. The van der Waals surface area contributed by atoms with Crippen LogP contribution in [0.3, 0.4) is 0 Å². The number of nitrogens with zero attached hydrogens (tertiary/aromatic N) is 2. The maximum absolute atomic E-state index is 10.6. The summed E-state index contributed by atoms with van der Waals surface area (Å²) in [6, 6.07) is 8.29. The zero-order valence-electron chi connectivity index (χ0n) is 18.5. The van der Waals surface area contributed by atoms with Crippen LogP contribution in [0.25, 0.3) is 0 Å². The van der Waals surface area contributed by atoms with Gasteiger partial charge in [-0.25, -0.2) is 0 Å². The van der Waals surface area contributed by atoms with Crippen LogP contribution in [0.1, 0.15) is 38.5 Å². The van der Waals surface area contributed by atoms with Gasteiger partial charge in [-0.3, -0.25) is 4.90 Å². The predicted octanol–water partition coefficient (Wildman–Crippen LogP) is 3.41. The summed E-state index contributed by atoms with van der Waals surface area (Å²) in [7, 11) is 1.70. The molecule has 1 saturated heterocycles. The van der Waals surface area contributed by atoms with E-state index in [2.05, 4.69) is 21.9 Å². The first-order valence-corrected chi connectivity index (χ1v) is 12.0. The van der Waals surface area contributed by atoms with Crippen molar-refractivity contribution in [1.82, 2.24) is 4.90 Å². The van der Waals surface area contributed by atoms with Gasteiger partial charge in [-0.05, 0) is 86.0 Å². The van der Waals surface area contributed by atoms with Crippen LogP contribution in [0.15, 0.2) is 24.3 Å². The van der Waals surface area contributed by atoms with E-state index in [1.54, 1.807) is 7.11 Å². The van der Waals surface area contributed by atoms with Gasteiger partial charge in [0.15, 0.2) is 0 Å². The van der Waals surface area contributed by atoms with Gasteiger partial charge in [-0.15, -0.1) is 0 Å². The number of aliphatic hydroxyl groups excluding tert-OH is 1. The molecule has 5 aliphatic rings. The fourth-order valence-electron chi connectivity index (χ4n) is 7.21. The first-order chi connectivity index (χ1) is 14.6. The lowest BCUT2D eigenvalue weighted by atomic mass is 9.50. The van der Waals surface area contributed by atoms with Gasteiger partial charge in [-0.1, -0.05) is 0 Å². The Morgan fingerprint density at radius 2 is 1.57 bits per heavy atom. The molecule has 0 amide bonds. The summed E-state index contributed by atoms with van der Waals surface area (Å²) in [5, 5.41) is 10.6. The second-order valence-corrected chi connectivity index (χ2v) is 10.6. The summed E-state index contributed by atoms with van der Waals surface area (Å²) in [5.74, 6) is 3.79. The number of hydrogen-bond donors (Lipinski definition) is 1. The summed E-state index contributed by atoms with van der Waals surface area (Å²) in [4.78, 5) is 4.78. The fourth-order valence-corrected chi connectivity index (χ4v) is 7.21. The molecule has 1 aliphatic heterocycles. The lowest BCUT2D eigenvalue weighted by Gasteiger charge is -2.56. The summed E-state index contributed by atoms with van der Waals surface area (Å²) >= 11 is 0. The highest BCUT2D eigenvalue weighted by atomic mass is 16.5. The minimum absolute atomic E-state index is 0.383. The summed E-state index contributed by atoms with van der Waals surface area (Å²) in [6.07, 6.45) is 8.18. The van der Waals surface area contributed by atoms with Crippen molar-refractivity contribution in [2.24, 2.45) is 23.2 Å². The van der Waals surface area contributed by atoms with E-state index in [0.717, 1.165) is 62.8 Å². The van der Waals surface area contributed by atoms with Crippen LogP contribution in [0.2, 0.25) is 0 Å². The molecule has 1 aromatic carbocycles. The van der Waals surface area contributed by atoms with Gasteiger partial charge < -0.3 is 19.5 Å². The lowest BCUT2D eigenvalue weighted by Crippen LogP contribution is -2.50. The zero-order valence-corrected chi connectivity index (χ0v) is 18.5. The maximum Gasteiger partial charge on any atom is 0.119 e. The largest absolute Gasteiger partial charge is 0.497 e. The van der Waals surface area contributed by atoms with Crippen LogP contribution in [-0.2, 0) is 4.74 Å². The third-order valence-corrected chi connectivity index (χ3v) is 8.16. The van der Waals surface area contributed by atoms with Crippen LogP contribution in [-0.4, -0.2) is 69.2 Å². The number of aliphatic hydroxyl groups is 1. The Balaban J connectivity index is 1.03. The van der Waals surface area contributed by atoms with E-state index in [0.29, 0.717) is 12.0 Å². The molecule has 5 heteroatoms. The molecule has 5 fully saturated rings. The van der Waals surface area contributed by atoms with E-state index in [1.165, 1.54) is 44.2 Å². The summed E-state index contributed by atoms with van der Waals surface area (Å²) in [5.41, 5.74) is 1.69. The average molecular weight is 415 g/mol. The lowest BCUT2D eigenvalue weighted by molar-refractivity contribution is -0.107. The minimum atomic E-state index is -0.383. The van der Waals surface area contributed by atoms with Crippen molar-refractivity contribution >= 4 is 5.69 Å². The molecule has 1 atom stereocenters. The molecule has 4 saturated carbocycles. The first kappa shape index (κ1) is 20.6. The smallest absolute Gasteiger partial charge is 0.119 e. The van der Waals surface area contributed by atoms with Gasteiger partial charge in [0.25, 0.3) is 0 Å². The van der Waals surface area contributed by atoms with Crippen LogP contribution in [0.4, 0.5) is 5.69 Å². The highest BCUT2D eigenvalue weighted by molar-refractivity contribution is 5.49. The van der Waals surface area contributed by atoms with Gasteiger partial charge in [0.1, 0.15) is 5.75 Å². The molecule has 166 valence electrons. The summed E-state index contributed by atoms with van der Waals surface area (Å²) in [6.45, 7) is 6.03. The third-order valence-electron chi connectivity index (χ3n) is 8.16. The number of methoxy groups -OCH3 is 1. The molecule has 1 aromatic rings. The van der Waals surface area contributed by atoms with Crippen LogP contribution in [0, 0.1) is 23.2 Å². The first-order valence-electron chi connectivity index (χ1n) is 12.0. The van der Waals surface area contributed by atoms with Crippen molar-refractivity contribution in [2.75, 3.05) is 57.9 Å². The highest BCUT2D eigenvalue weighted by Crippen LogP contribution is 2.60. The van der Waals surface area contributed by atoms with E-state index < -0.39 is 0 Å². The molecule has 4 aliphatic carbocycles. The van der Waals surface area contributed by atoms with E-state index in [-0.39, 0.29) is 6.10 Å². The number of β-amino-alcohol motifs (C(OH)–C–C–N with tert-alkyl or cyclic N) is 1. The molecule has 0 aromatic heterocycles. The molecule has 0 unspecified atom stereocenters. The third kappa shape index (κ3) is 4.49. The fraction of sp³-hybridized carbons (Fsp3) is 0.760. The van der Waals surface area contributed by atoms with Crippen molar-refractivity contribution in [2.45, 2.75) is 44.6 Å². The van der Waals surface area contributed by atoms with Crippen molar-refractivity contribution in [3.05, 3.63) is 24.3 Å². The normalized spacial score (nSPS) is 34.3. The van der Waals surface area contributed by atoms with Gasteiger partial charge in [0.05, 0.1) is 26.4 Å². The molecule has 0 radical (unpaired) electrons. The van der Waals surface area contributed by atoms with Crippen LogP contribution >= 0.6 is 0 Å². The Hall–Kier alpha value is -1.30. The molecule has 30 heavy (non-hydrogen) atoms. The van der Waals surface area contributed by atoms with E-state index in [1.807, 2.05) is 12.1 Å². The highest BCUT2D eigenvalue weighted by Gasteiger charge is 2.50. The standard InChI is InChI=1S/C25H38N2O3/c1-29-24-4-2-22(3-5-24)27-8-6-26(7-9-27)16-23(28)17-30-18-25-13-19-10-20(14-25)12-21(11-19)15-25/h2-5,19-21,23,28H,6-18H2,1H3/t19?,20?,21?,23-,25?/m1/s1. The second kappa shape index (κ2) is 8.68. The number of hydrogen-bond acceptors (Lipinski definition) is 5.